The molecule has 0 saturated carbocycles. The molecule has 0 saturated heterocycles. The first kappa shape index (κ1) is 15.1. The van der Waals surface area contributed by atoms with E-state index in [1.54, 1.807) is 6.07 Å². The summed E-state index contributed by atoms with van der Waals surface area (Å²) in [5.41, 5.74) is 0. The fourth-order valence-electron chi connectivity index (χ4n) is 0.907. The van der Waals surface area contributed by atoms with Crippen molar-refractivity contribution in [3.8, 4) is 0 Å². The third kappa shape index (κ3) is 4.32. The highest BCUT2D eigenvalue weighted by atomic mass is 79.9. The lowest BCUT2D eigenvalue weighted by molar-refractivity contribution is -0.139. The molecule has 0 spiro atoms. The number of hydrogen-bond donors (Lipinski definition) is 1. The van der Waals surface area contributed by atoms with Crippen molar-refractivity contribution < 1.29 is 17.9 Å². The van der Waals surface area contributed by atoms with Gasteiger partial charge >= 0.3 is 5.97 Å². The summed E-state index contributed by atoms with van der Waals surface area (Å²) in [5, 5.41) is 0. The van der Waals surface area contributed by atoms with Gasteiger partial charge in [0.05, 0.1) is 10.9 Å². The third-order valence-electron chi connectivity index (χ3n) is 1.72. The molecule has 17 heavy (non-hydrogen) atoms. The number of esters is 1. The van der Waals surface area contributed by atoms with Crippen LogP contribution in [0.2, 0.25) is 0 Å². The SMILES string of the molecule is COC(=O)C(Br)CNS(=O)(=O)c1ccc(Br)s1. The molecule has 5 nitrogen and oxygen atoms in total. The van der Waals surface area contributed by atoms with E-state index in [1.807, 2.05) is 0 Å². The zero-order valence-electron chi connectivity index (χ0n) is 8.64. The standard InChI is InChI=1S/C8H9Br2NO4S2/c1-15-8(12)5(9)4-11-17(13,14)7-3-2-6(10)16-7/h2-3,5,11H,4H2,1H3. The summed E-state index contributed by atoms with van der Waals surface area (Å²) in [6, 6.07) is 3.13. The number of sulfonamides is 1. The third-order valence-corrected chi connectivity index (χ3v) is 5.96. The molecule has 0 aliphatic heterocycles. The first-order valence-corrected chi connectivity index (χ1v) is 8.34. The van der Waals surface area contributed by atoms with Gasteiger partial charge in [0.1, 0.15) is 9.04 Å². The van der Waals surface area contributed by atoms with E-state index >= 15 is 0 Å². The Labute approximate surface area is 120 Å². The van der Waals surface area contributed by atoms with Gasteiger partial charge in [-0.25, -0.2) is 13.1 Å². The van der Waals surface area contributed by atoms with Gasteiger partial charge in [0, 0.05) is 6.54 Å². The molecule has 0 aromatic carbocycles. The van der Waals surface area contributed by atoms with Crippen LogP contribution in [0.1, 0.15) is 0 Å². The largest absolute Gasteiger partial charge is 0.468 e. The molecule has 9 heteroatoms. The van der Waals surface area contributed by atoms with Crippen LogP contribution in [-0.2, 0) is 19.6 Å². The summed E-state index contributed by atoms with van der Waals surface area (Å²) >= 11 is 7.30. The number of carbonyl (C=O) groups is 1. The fourth-order valence-corrected chi connectivity index (χ4v) is 4.57. The Morgan fingerprint density at radius 1 is 1.59 bits per heavy atom. The number of carbonyl (C=O) groups excluding carboxylic acids is 1. The first-order chi connectivity index (χ1) is 7.86. The molecule has 0 bridgehead atoms. The number of rotatable bonds is 5. The Morgan fingerprint density at radius 3 is 2.71 bits per heavy atom. The second-order valence-electron chi connectivity index (χ2n) is 2.90. The van der Waals surface area contributed by atoms with Crippen LogP contribution in [0, 0.1) is 0 Å². The Balaban J connectivity index is 2.66. The monoisotopic (exact) mass is 405 g/mol. The Kier molecular flexibility index (Phi) is 5.58. The van der Waals surface area contributed by atoms with Crippen molar-refractivity contribution in [2.45, 2.75) is 9.04 Å². The van der Waals surface area contributed by atoms with E-state index < -0.39 is 20.8 Å². The summed E-state index contributed by atoms with van der Waals surface area (Å²) in [5.74, 6) is -0.528. The van der Waals surface area contributed by atoms with Crippen molar-refractivity contribution in [1.82, 2.24) is 4.72 Å². The van der Waals surface area contributed by atoms with E-state index in [0.29, 0.717) is 0 Å². The van der Waals surface area contributed by atoms with Crippen molar-refractivity contribution in [2.75, 3.05) is 13.7 Å². The van der Waals surface area contributed by atoms with Gasteiger partial charge in [-0.2, -0.15) is 0 Å². The molecular formula is C8H9Br2NO4S2. The van der Waals surface area contributed by atoms with E-state index in [0.717, 1.165) is 15.1 Å². The average molecular weight is 407 g/mol. The minimum absolute atomic E-state index is 0.0650. The van der Waals surface area contributed by atoms with Gasteiger partial charge in [0.25, 0.3) is 0 Å². The van der Waals surface area contributed by atoms with Gasteiger partial charge in [-0.05, 0) is 28.1 Å². The molecular weight excluding hydrogens is 398 g/mol. The van der Waals surface area contributed by atoms with Gasteiger partial charge < -0.3 is 4.74 Å². The van der Waals surface area contributed by atoms with E-state index in [9.17, 15) is 13.2 Å². The molecule has 0 radical (unpaired) electrons. The fraction of sp³-hybridized carbons (Fsp3) is 0.375. The number of halogens is 2. The van der Waals surface area contributed by atoms with E-state index in [4.69, 9.17) is 0 Å². The molecule has 0 aliphatic rings. The number of alkyl halides is 1. The molecule has 0 aliphatic carbocycles. The Bertz CT molecular complexity index is 499. The van der Waals surface area contributed by atoms with Crippen LogP contribution in [0.5, 0.6) is 0 Å². The quantitative estimate of drug-likeness (QED) is 0.596. The zero-order valence-corrected chi connectivity index (χ0v) is 13.4. The lowest BCUT2D eigenvalue weighted by Gasteiger charge is -2.08. The smallest absolute Gasteiger partial charge is 0.320 e. The van der Waals surface area contributed by atoms with Crippen LogP contribution in [0.15, 0.2) is 20.1 Å². The van der Waals surface area contributed by atoms with Gasteiger partial charge in [-0.3, -0.25) is 4.79 Å². The topological polar surface area (TPSA) is 72.5 Å². The predicted octanol–water partition coefficient (Wildman–Crippen LogP) is 1.73. The second-order valence-corrected chi connectivity index (χ2v) is 8.46. The van der Waals surface area contributed by atoms with Gasteiger partial charge in [-0.1, -0.05) is 15.9 Å². The number of thiophene rings is 1. The molecule has 0 amide bonds. The molecule has 1 aromatic heterocycles. The van der Waals surface area contributed by atoms with Crippen molar-refractivity contribution in [3.63, 3.8) is 0 Å². The second kappa shape index (κ2) is 6.28. The maximum Gasteiger partial charge on any atom is 0.320 e. The van der Waals surface area contributed by atoms with Crippen LogP contribution < -0.4 is 4.72 Å². The minimum Gasteiger partial charge on any atom is -0.468 e. The van der Waals surface area contributed by atoms with Crippen molar-refractivity contribution in [1.29, 1.82) is 0 Å². The van der Waals surface area contributed by atoms with E-state index in [-0.39, 0.29) is 10.8 Å². The van der Waals surface area contributed by atoms with Crippen LogP contribution in [0.4, 0.5) is 0 Å². The van der Waals surface area contributed by atoms with Gasteiger partial charge in [-0.15, -0.1) is 11.3 Å². The lowest BCUT2D eigenvalue weighted by Crippen LogP contribution is -2.33. The summed E-state index contributed by atoms with van der Waals surface area (Å²) in [6.07, 6.45) is 0. The predicted molar refractivity (Wildman–Crippen MR) is 71.9 cm³/mol. The molecule has 1 heterocycles. The molecule has 1 atom stereocenters. The maximum atomic E-state index is 11.8. The van der Waals surface area contributed by atoms with E-state index in [2.05, 4.69) is 41.3 Å². The molecule has 1 unspecified atom stereocenters. The minimum atomic E-state index is -3.58. The molecule has 96 valence electrons. The van der Waals surface area contributed by atoms with Gasteiger partial charge in [0.2, 0.25) is 10.0 Å². The Hall–Kier alpha value is 0.0400. The molecule has 1 aromatic rings. The number of nitrogens with one attached hydrogen (secondary N) is 1. The highest BCUT2D eigenvalue weighted by Crippen LogP contribution is 2.25. The van der Waals surface area contributed by atoms with Gasteiger partial charge in [0.15, 0.2) is 0 Å². The average Bonchev–Trinajstić information content (AvgIpc) is 2.72. The first-order valence-electron chi connectivity index (χ1n) is 4.33. The zero-order chi connectivity index (χ0) is 13.1. The summed E-state index contributed by atoms with van der Waals surface area (Å²) in [7, 11) is -2.34. The Morgan fingerprint density at radius 2 is 2.24 bits per heavy atom. The molecule has 1 N–H and O–H groups in total. The lowest BCUT2D eigenvalue weighted by atomic mass is 10.4. The van der Waals surface area contributed by atoms with Crippen molar-refractivity contribution in [2.24, 2.45) is 0 Å². The maximum absolute atomic E-state index is 11.8. The van der Waals surface area contributed by atoms with Crippen molar-refractivity contribution >= 4 is 59.2 Å². The van der Waals surface area contributed by atoms with E-state index in [1.165, 1.54) is 13.2 Å². The normalized spacial score (nSPS) is 13.4. The molecule has 0 fully saturated rings. The van der Waals surface area contributed by atoms with Crippen LogP contribution in [0.3, 0.4) is 0 Å². The van der Waals surface area contributed by atoms with Crippen molar-refractivity contribution in [3.05, 3.63) is 15.9 Å². The summed E-state index contributed by atoms with van der Waals surface area (Å²) in [4.78, 5) is 10.4. The number of methoxy groups -OCH3 is 1. The van der Waals surface area contributed by atoms with Crippen LogP contribution in [0.25, 0.3) is 0 Å². The summed E-state index contributed by atoms with van der Waals surface area (Å²) in [6.45, 7) is -0.0650. The highest BCUT2D eigenvalue weighted by Gasteiger charge is 2.21. The molecule has 1 rings (SSSR count). The number of ether oxygens (including phenoxy) is 1. The summed E-state index contributed by atoms with van der Waals surface area (Å²) < 4.78 is 31.2. The highest BCUT2D eigenvalue weighted by molar-refractivity contribution is 9.11. The van der Waals surface area contributed by atoms with Crippen LogP contribution >= 0.6 is 43.2 Å². The number of hydrogen-bond acceptors (Lipinski definition) is 5. The van der Waals surface area contributed by atoms with Crippen LogP contribution in [-0.4, -0.2) is 32.9 Å².